The summed E-state index contributed by atoms with van der Waals surface area (Å²) in [6.07, 6.45) is -0.163. The molecule has 1 amide bonds. The van der Waals surface area contributed by atoms with E-state index in [1.165, 1.54) is 17.7 Å². The number of pyridine rings is 1. The van der Waals surface area contributed by atoms with Crippen LogP contribution in [0.3, 0.4) is 0 Å². The number of fused-ring (bicyclic) bond motifs is 1. The summed E-state index contributed by atoms with van der Waals surface area (Å²) in [5, 5.41) is 2.81. The number of halogens is 3. The van der Waals surface area contributed by atoms with E-state index in [1.54, 1.807) is 12.4 Å². The maximum absolute atomic E-state index is 13.0. The number of anilines is 1. The van der Waals surface area contributed by atoms with Crippen molar-refractivity contribution in [2.24, 2.45) is 0 Å². The molecule has 30 heavy (non-hydrogen) atoms. The standard InChI is InChI=1S/C23H20F3N3O/c24-23(25,26)19-8-3-6-17(13-19)22(30)28-15-21(18-7-4-11-27-14-18)29-12-10-16-5-1-2-9-20(16)29/h1-9,11,13-14,21H,10,12,15H2,(H,28,30)/t21-/m0/s1. The summed E-state index contributed by atoms with van der Waals surface area (Å²) in [4.78, 5) is 19.0. The Balaban J connectivity index is 1.56. The van der Waals surface area contributed by atoms with E-state index in [9.17, 15) is 18.0 Å². The van der Waals surface area contributed by atoms with Crippen molar-refractivity contribution < 1.29 is 18.0 Å². The van der Waals surface area contributed by atoms with Gasteiger partial charge in [0.25, 0.3) is 5.91 Å². The number of nitrogens with one attached hydrogen (secondary N) is 1. The van der Waals surface area contributed by atoms with Crippen molar-refractivity contribution >= 4 is 11.6 Å². The van der Waals surface area contributed by atoms with E-state index in [2.05, 4.69) is 21.3 Å². The van der Waals surface area contributed by atoms with Crippen molar-refractivity contribution in [1.82, 2.24) is 10.3 Å². The molecule has 0 saturated heterocycles. The molecule has 7 heteroatoms. The second-order valence-electron chi connectivity index (χ2n) is 7.16. The zero-order chi connectivity index (χ0) is 21.1. The Labute approximate surface area is 172 Å². The summed E-state index contributed by atoms with van der Waals surface area (Å²) in [5.74, 6) is -0.539. The molecule has 0 fully saturated rings. The molecule has 154 valence electrons. The van der Waals surface area contributed by atoms with Crippen LogP contribution in [-0.4, -0.2) is 24.0 Å². The fourth-order valence-corrected chi connectivity index (χ4v) is 3.80. The molecule has 0 bridgehead atoms. The quantitative estimate of drug-likeness (QED) is 0.666. The van der Waals surface area contributed by atoms with E-state index < -0.39 is 17.6 Å². The SMILES string of the molecule is O=C(NC[C@@H](c1cccnc1)N1CCc2ccccc21)c1cccc(C(F)(F)F)c1. The van der Waals surface area contributed by atoms with Gasteiger partial charge in [0, 0.05) is 36.7 Å². The van der Waals surface area contributed by atoms with Gasteiger partial charge in [-0.05, 0) is 47.9 Å². The van der Waals surface area contributed by atoms with Crippen LogP contribution in [0.1, 0.15) is 33.1 Å². The Kier molecular flexibility index (Phi) is 5.44. The summed E-state index contributed by atoms with van der Waals surface area (Å²) >= 11 is 0. The van der Waals surface area contributed by atoms with Crippen LogP contribution in [-0.2, 0) is 12.6 Å². The lowest BCUT2D eigenvalue weighted by atomic mass is 10.1. The van der Waals surface area contributed by atoms with Crippen molar-refractivity contribution in [3.63, 3.8) is 0 Å². The predicted octanol–water partition coefficient (Wildman–Crippen LogP) is 4.63. The van der Waals surface area contributed by atoms with Gasteiger partial charge in [0.1, 0.15) is 0 Å². The Morgan fingerprint density at radius 1 is 1.10 bits per heavy atom. The van der Waals surface area contributed by atoms with Crippen molar-refractivity contribution in [2.75, 3.05) is 18.0 Å². The molecule has 0 saturated carbocycles. The number of alkyl halides is 3. The number of hydrogen-bond donors (Lipinski definition) is 1. The van der Waals surface area contributed by atoms with E-state index >= 15 is 0 Å². The minimum Gasteiger partial charge on any atom is -0.362 e. The van der Waals surface area contributed by atoms with E-state index in [0.717, 1.165) is 36.3 Å². The van der Waals surface area contributed by atoms with Gasteiger partial charge >= 0.3 is 6.18 Å². The number of benzene rings is 2. The molecule has 0 unspecified atom stereocenters. The molecule has 4 rings (SSSR count). The molecule has 2 aromatic carbocycles. The number of nitrogens with zero attached hydrogens (tertiary/aromatic N) is 2. The summed E-state index contributed by atoms with van der Waals surface area (Å²) in [5.41, 5.74) is 2.40. The van der Waals surface area contributed by atoms with Crippen molar-refractivity contribution in [3.05, 3.63) is 95.3 Å². The Morgan fingerprint density at radius 3 is 2.70 bits per heavy atom. The highest BCUT2D eigenvalue weighted by Crippen LogP contribution is 2.34. The normalized spacial score (nSPS) is 14.3. The molecule has 0 radical (unpaired) electrons. The Hall–Kier alpha value is -3.35. The molecule has 1 aliphatic rings. The van der Waals surface area contributed by atoms with Crippen LogP contribution in [0.4, 0.5) is 18.9 Å². The number of amides is 1. The topological polar surface area (TPSA) is 45.2 Å². The van der Waals surface area contributed by atoms with E-state index in [1.807, 2.05) is 30.3 Å². The van der Waals surface area contributed by atoms with E-state index in [-0.39, 0.29) is 18.2 Å². The lowest BCUT2D eigenvalue weighted by molar-refractivity contribution is -0.137. The molecular weight excluding hydrogens is 391 g/mol. The third-order valence-corrected chi connectivity index (χ3v) is 5.28. The smallest absolute Gasteiger partial charge is 0.362 e. The summed E-state index contributed by atoms with van der Waals surface area (Å²) in [6, 6.07) is 16.1. The highest BCUT2D eigenvalue weighted by molar-refractivity contribution is 5.94. The van der Waals surface area contributed by atoms with Gasteiger partial charge in [0.15, 0.2) is 0 Å². The fourth-order valence-electron chi connectivity index (χ4n) is 3.80. The maximum Gasteiger partial charge on any atom is 0.416 e. The van der Waals surface area contributed by atoms with Crippen LogP contribution >= 0.6 is 0 Å². The predicted molar refractivity (Wildman–Crippen MR) is 108 cm³/mol. The Bertz CT molecular complexity index is 1040. The number of hydrogen-bond acceptors (Lipinski definition) is 3. The average molecular weight is 411 g/mol. The number of para-hydroxylation sites is 1. The molecular formula is C23H20F3N3O. The van der Waals surface area contributed by atoms with Crippen LogP contribution in [0.15, 0.2) is 73.1 Å². The first kappa shape index (κ1) is 19.9. The number of carbonyl (C=O) groups excluding carboxylic acids is 1. The van der Waals surface area contributed by atoms with Crippen molar-refractivity contribution in [3.8, 4) is 0 Å². The third kappa shape index (κ3) is 4.15. The largest absolute Gasteiger partial charge is 0.416 e. The first-order chi connectivity index (χ1) is 14.4. The van der Waals surface area contributed by atoms with Gasteiger partial charge < -0.3 is 10.2 Å². The molecule has 1 atom stereocenters. The molecule has 2 heterocycles. The number of carbonyl (C=O) groups is 1. The van der Waals surface area contributed by atoms with E-state index in [0.29, 0.717) is 0 Å². The molecule has 1 aliphatic heterocycles. The lowest BCUT2D eigenvalue weighted by Gasteiger charge is -2.31. The minimum atomic E-state index is -4.49. The van der Waals surface area contributed by atoms with Gasteiger partial charge in [-0.15, -0.1) is 0 Å². The third-order valence-electron chi connectivity index (χ3n) is 5.28. The van der Waals surface area contributed by atoms with Crippen LogP contribution in [0, 0.1) is 0 Å². The summed E-state index contributed by atoms with van der Waals surface area (Å²) in [6.45, 7) is 1.04. The van der Waals surface area contributed by atoms with Crippen LogP contribution in [0.25, 0.3) is 0 Å². The fraction of sp³-hybridized carbons (Fsp3) is 0.217. The van der Waals surface area contributed by atoms with Gasteiger partial charge in [-0.3, -0.25) is 9.78 Å². The summed E-state index contributed by atoms with van der Waals surface area (Å²) in [7, 11) is 0. The molecule has 0 spiro atoms. The van der Waals surface area contributed by atoms with Gasteiger partial charge in [-0.1, -0.05) is 30.3 Å². The van der Waals surface area contributed by atoms with Gasteiger partial charge in [0.05, 0.1) is 11.6 Å². The highest BCUT2D eigenvalue weighted by Gasteiger charge is 2.31. The zero-order valence-electron chi connectivity index (χ0n) is 16.1. The molecule has 1 aromatic heterocycles. The second-order valence-corrected chi connectivity index (χ2v) is 7.16. The first-order valence-corrected chi connectivity index (χ1v) is 9.63. The van der Waals surface area contributed by atoms with Crippen LogP contribution in [0.5, 0.6) is 0 Å². The lowest BCUT2D eigenvalue weighted by Crippen LogP contribution is -2.37. The monoisotopic (exact) mass is 411 g/mol. The molecule has 0 aliphatic carbocycles. The van der Waals surface area contributed by atoms with Crippen molar-refractivity contribution in [1.29, 1.82) is 0 Å². The second kappa shape index (κ2) is 8.18. The molecule has 3 aromatic rings. The van der Waals surface area contributed by atoms with E-state index in [4.69, 9.17) is 0 Å². The van der Waals surface area contributed by atoms with Crippen molar-refractivity contribution in [2.45, 2.75) is 18.6 Å². The van der Waals surface area contributed by atoms with Crippen LogP contribution in [0.2, 0.25) is 0 Å². The molecule has 1 N–H and O–H groups in total. The highest BCUT2D eigenvalue weighted by atomic mass is 19.4. The van der Waals surface area contributed by atoms with Gasteiger partial charge in [-0.2, -0.15) is 13.2 Å². The Morgan fingerprint density at radius 2 is 1.93 bits per heavy atom. The minimum absolute atomic E-state index is 0.0171. The average Bonchev–Trinajstić information content (AvgIpc) is 3.18. The number of aromatic nitrogens is 1. The van der Waals surface area contributed by atoms with Crippen LogP contribution < -0.4 is 10.2 Å². The maximum atomic E-state index is 13.0. The zero-order valence-corrected chi connectivity index (χ0v) is 16.1. The summed E-state index contributed by atoms with van der Waals surface area (Å²) < 4.78 is 38.9. The number of rotatable bonds is 5. The van der Waals surface area contributed by atoms with Gasteiger partial charge in [-0.25, -0.2) is 0 Å². The first-order valence-electron chi connectivity index (χ1n) is 9.63. The molecule has 4 nitrogen and oxygen atoms in total. The van der Waals surface area contributed by atoms with Gasteiger partial charge in [0.2, 0.25) is 0 Å².